The van der Waals surface area contributed by atoms with Crippen molar-refractivity contribution in [2.24, 2.45) is 10.7 Å². The van der Waals surface area contributed by atoms with Gasteiger partial charge in [-0.3, -0.25) is 4.99 Å². The maximum atomic E-state index is 5.87. The predicted molar refractivity (Wildman–Crippen MR) is 60.9 cm³/mol. The third-order valence-corrected chi connectivity index (χ3v) is 4.06. The molecule has 0 saturated carbocycles. The van der Waals surface area contributed by atoms with Crippen LogP contribution < -0.4 is 5.73 Å². The van der Waals surface area contributed by atoms with Gasteiger partial charge in [-0.25, -0.2) is 0 Å². The van der Waals surface area contributed by atoms with Crippen LogP contribution >= 0.6 is 0 Å². The van der Waals surface area contributed by atoms with E-state index in [1.165, 1.54) is 0 Å². The van der Waals surface area contributed by atoms with Crippen LogP contribution in [0.3, 0.4) is 0 Å². The van der Waals surface area contributed by atoms with Gasteiger partial charge in [0.15, 0.2) is 5.96 Å². The summed E-state index contributed by atoms with van der Waals surface area (Å²) in [6, 6.07) is 0. The second-order valence-corrected chi connectivity index (χ2v) is 5.04. The lowest BCUT2D eigenvalue weighted by Crippen LogP contribution is -2.57. The highest BCUT2D eigenvalue weighted by molar-refractivity contribution is 5.80. The number of hydrogen-bond acceptors (Lipinski definition) is 4. The molecule has 1 saturated heterocycles. The maximum absolute atomic E-state index is 5.87. The zero-order chi connectivity index (χ0) is 11.1. The van der Waals surface area contributed by atoms with Crippen LogP contribution in [0.2, 0.25) is 0 Å². The Labute approximate surface area is 91.5 Å². The van der Waals surface area contributed by atoms with Gasteiger partial charge in [0.1, 0.15) is 0 Å². The molecule has 2 unspecified atom stereocenters. The lowest BCUT2D eigenvalue weighted by molar-refractivity contribution is -0.111. The molecule has 0 amide bonds. The highest BCUT2D eigenvalue weighted by atomic mass is 16.5. The first kappa shape index (κ1) is 10.7. The Morgan fingerprint density at radius 2 is 2.33 bits per heavy atom. The first-order valence-corrected chi connectivity index (χ1v) is 5.69. The van der Waals surface area contributed by atoms with Crippen LogP contribution in [-0.2, 0) is 4.74 Å². The maximum Gasteiger partial charge on any atom is 0.191 e. The summed E-state index contributed by atoms with van der Waals surface area (Å²) < 4.78 is 5.87. The van der Waals surface area contributed by atoms with Crippen molar-refractivity contribution < 1.29 is 4.74 Å². The average molecular weight is 211 g/mol. The molecule has 2 aliphatic rings. The number of rotatable bonds is 1. The summed E-state index contributed by atoms with van der Waals surface area (Å²) in [4.78, 5) is 6.50. The molecule has 2 rings (SSSR count). The van der Waals surface area contributed by atoms with Gasteiger partial charge in [-0.15, -0.1) is 0 Å². The van der Waals surface area contributed by atoms with E-state index >= 15 is 0 Å². The highest BCUT2D eigenvalue weighted by Gasteiger charge is 2.47. The Kier molecular flexibility index (Phi) is 2.41. The molecule has 0 aromatic rings. The summed E-state index contributed by atoms with van der Waals surface area (Å²) in [5.74, 6) is 0.676. The topological polar surface area (TPSA) is 50.9 Å². The Morgan fingerprint density at radius 3 is 2.87 bits per heavy atom. The molecule has 2 N–H and O–H groups in total. The number of nitrogens with zero attached hydrogens (tertiary/aromatic N) is 2. The number of ether oxygens (including phenoxy) is 1. The largest absolute Gasteiger partial charge is 0.375 e. The standard InChI is InChI=1S/C11H21N3O/c1-4-10(2)7-11(5-6-15-10)8-13-9(12)14(11)3/h4-8H2,1-3H3,(H2,12,13). The predicted octanol–water partition coefficient (Wildman–Crippen LogP) is 0.964. The number of likely N-dealkylation sites (N-methyl/N-ethyl adjacent to an activating group) is 1. The van der Waals surface area contributed by atoms with E-state index in [0.717, 1.165) is 32.4 Å². The number of nitrogens with two attached hydrogens (primary N) is 1. The van der Waals surface area contributed by atoms with Gasteiger partial charge in [0, 0.05) is 20.1 Å². The summed E-state index contributed by atoms with van der Waals surface area (Å²) in [5, 5.41) is 0. The average Bonchev–Trinajstić information content (AvgIpc) is 2.48. The Bertz CT molecular complexity index is 292. The zero-order valence-corrected chi connectivity index (χ0v) is 9.92. The molecule has 0 bridgehead atoms. The summed E-state index contributed by atoms with van der Waals surface area (Å²) >= 11 is 0. The molecule has 2 heterocycles. The van der Waals surface area contributed by atoms with Crippen molar-refractivity contribution in [1.29, 1.82) is 0 Å². The molecule has 4 heteroatoms. The van der Waals surface area contributed by atoms with Gasteiger partial charge in [0.25, 0.3) is 0 Å². The number of guanidine groups is 1. The molecule has 0 aromatic heterocycles. The minimum Gasteiger partial charge on any atom is -0.375 e. The van der Waals surface area contributed by atoms with E-state index in [0.29, 0.717) is 5.96 Å². The minimum absolute atomic E-state index is 0.00729. The van der Waals surface area contributed by atoms with Crippen LogP contribution in [0.15, 0.2) is 4.99 Å². The van der Waals surface area contributed by atoms with E-state index in [-0.39, 0.29) is 11.1 Å². The van der Waals surface area contributed by atoms with Crippen molar-refractivity contribution in [3.63, 3.8) is 0 Å². The van der Waals surface area contributed by atoms with E-state index in [1.54, 1.807) is 0 Å². The molecule has 2 atom stereocenters. The molecule has 1 spiro atoms. The van der Waals surface area contributed by atoms with Crippen molar-refractivity contribution >= 4 is 5.96 Å². The fourth-order valence-corrected chi connectivity index (χ4v) is 2.65. The van der Waals surface area contributed by atoms with E-state index in [2.05, 4.69) is 23.7 Å². The molecule has 2 aliphatic heterocycles. The molecular weight excluding hydrogens is 190 g/mol. The highest BCUT2D eigenvalue weighted by Crippen LogP contribution is 2.39. The van der Waals surface area contributed by atoms with Crippen molar-refractivity contribution in [1.82, 2.24) is 4.90 Å². The van der Waals surface area contributed by atoms with E-state index in [1.807, 2.05) is 7.05 Å². The summed E-state index contributed by atoms with van der Waals surface area (Å²) in [7, 11) is 2.05. The summed E-state index contributed by atoms with van der Waals surface area (Å²) in [5.41, 5.74) is 5.96. The van der Waals surface area contributed by atoms with Gasteiger partial charge >= 0.3 is 0 Å². The van der Waals surface area contributed by atoms with Crippen LogP contribution in [-0.4, -0.2) is 42.2 Å². The fraction of sp³-hybridized carbons (Fsp3) is 0.909. The van der Waals surface area contributed by atoms with Crippen molar-refractivity contribution in [2.75, 3.05) is 20.2 Å². The normalized spacial score (nSPS) is 41.0. The summed E-state index contributed by atoms with van der Waals surface area (Å²) in [6.45, 7) is 6.01. The second kappa shape index (κ2) is 3.37. The first-order valence-electron chi connectivity index (χ1n) is 5.69. The van der Waals surface area contributed by atoms with Crippen LogP contribution in [0.1, 0.15) is 33.1 Å². The van der Waals surface area contributed by atoms with Crippen LogP contribution in [0.25, 0.3) is 0 Å². The van der Waals surface area contributed by atoms with E-state index in [4.69, 9.17) is 10.5 Å². The Hall–Kier alpha value is -0.770. The minimum atomic E-state index is -0.00729. The fourth-order valence-electron chi connectivity index (χ4n) is 2.65. The summed E-state index contributed by atoms with van der Waals surface area (Å²) in [6.07, 6.45) is 3.10. The number of aliphatic imine (C=N–C) groups is 1. The Morgan fingerprint density at radius 1 is 1.60 bits per heavy atom. The van der Waals surface area contributed by atoms with Gasteiger partial charge < -0.3 is 15.4 Å². The van der Waals surface area contributed by atoms with Crippen molar-refractivity contribution in [2.45, 2.75) is 44.2 Å². The van der Waals surface area contributed by atoms with Crippen molar-refractivity contribution in [3.05, 3.63) is 0 Å². The third-order valence-electron chi connectivity index (χ3n) is 4.06. The van der Waals surface area contributed by atoms with Gasteiger partial charge in [-0.2, -0.15) is 0 Å². The van der Waals surface area contributed by atoms with Gasteiger partial charge in [-0.1, -0.05) is 6.92 Å². The quantitative estimate of drug-likeness (QED) is 0.703. The zero-order valence-electron chi connectivity index (χ0n) is 9.92. The van der Waals surface area contributed by atoms with E-state index < -0.39 is 0 Å². The van der Waals surface area contributed by atoms with Gasteiger partial charge in [0.05, 0.1) is 17.7 Å². The van der Waals surface area contributed by atoms with Crippen LogP contribution in [0.5, 0.6) is 0 Å². The Balaban J connectivity index is 2.17. The lowest BCUT2D eigenvalue weighted by Gasteiger charge is -2.47. The molecule has 0 radical (unpaired) electrons. The van der Waals surface area contributed by atoms with Gasteiger partial charge in [-0.05, 0) is 19.8 Å². The number of hydrogen-bond donors (Lipinski definition) is 1. The molecule has 15 heavy (non-hydrogen) atoms. The van der Waals surface area contributed by atoms with Crippen molar-refractivity contribution in [3.8, 4) is 0 Å². The molecular formula is C11H21N3O. The van der Waals surface area contributed by atoms with Crippen LogP contribution in [0, 0.1) is 0 Å². The lowest BCUT2D eigenvalue weighted by atomic mass is 9.79. The SMILES string of the molecule is CCC1(C)CC2(CCO1)CN=C(N)N2C. The van der Waals surface area contributed by atoms with Gasteiger partial charge in [0.2, 0.25) is 0 Å². The molecule has 86 valence electrons. The van der Waals surface area contributed by atoms with Crippen LogP contribution in [0.4, 0.5) is 0 Å². The second-order valence-electron chi connectivity index (χ2n) is 5.04. The molecule has 0 aromatic carbocycles. The monoisotopic (exact) mass is 211 g/mol. The molecule has 0 aliphatic carbocycles. The van der Waals surface area contributed by atoms with E-state index in [9.17, 15) is 0 Å². The molecule has 1 fully saturated rings. The molecule has 4 nitrogen and oxygen atoms in total. The smallest absolute Gasteiger partial charge is 0.191 e. The first-order chi connectivity index (χ1) is 7.01. The third kappa shape index (κ3) is 1.61.